The number of hydrogen-bond acceptors (Lipinski definition) is 4. The molecule has 1 heterocycles. The molecule has 0 radical (unpaired) electrons. The molecular weight excluding hydrogens is 198 g/mol. The summed E-state index contributed by atoms with van der Waals surface area (Å²) in [6.07, 6.45) is 0. The van der Waals surface area contributed by atoms with Gasteiger partial charge in [0.05, 0.1) is 39.6 Å². The van der Waals surface area contributed by atoms with Gasteiger partial charge >= 0.3 is 0 Å². The lowest BCUT2D eigenvalue weighted by Gasteiger charge is -2.27. The molecule has 0 saturated carbocycles. The van der Waals surface area contributed by atoms with Gasteiger partial charge in [0, 0.05) is 13.1 Å². The van der Waals surface area contributed by atoms with E-state index in [0.29, 0.717) is 38.9 Å². The molecule has 88 valence electrons. The molecule has 1 saturated heterocycles. The molecule has 0 aromatic rings. The van der Waals surface area contributed by atoms with Crippen molar-refractivity contribution in [2.45, 2.75) is 0 Å². The first-order valence-electron chi connectivity index (χ1n) is 5.16. The maximum absolute atomic E-state index is 8.47. The molecule has 0 spiro atoms. The van der Waals surface area contributed by atoms with E-state index in [1.807, 2.05) is 4.90 Å². The largest absolute Gasteiger partial charge is 0.394 e. The summed E-state index contributed by atoms with van der Waals surface area (Å²) in [5.41, 5.74) is 5.78. The second kappa shape index (κ2) is 7.44. The van der Waals surface area contributed by atoms with Gasteiger partial charge in [-0.25, -0.2) is 0 Å². The van der Waals surface area contributed by atoms with Crippen molar-refractivity contribution in [3.05, 3.63) is 0 Å². The predicted molar refractivity (Wildman–Crippen MR) is 56.8 cm³/mol. The Morgan fingerprint density at radius 3 is 2.80 bits per heavy atom. The van der Waals surface area contributed by atoms with Gasteiger partial charge < -0.3 is 25.2 Å². The lowest BCUT2D eigenvalue weighted by Crippen LogP contribution is -2.45. The average molecular weight is 217 g/mol. The van der Waals surface area contributed by atoms with E-state index in [0.717, 1.165) is 13.1 Å². The fourth-order valence-corrected chi connectivity index (χ4v) is 1.28. The Balaban J connectivity index is 2.13. The minimum atomic E-state index is 0.0443. The summed E-state index contributed by atoms with van der Waals surface area (Å²) < 4.78 is 10.3. The Bertz CT molecular complexity index is 193. The van der Waals surface area contributed by atoms with Crippen LogP contribution in [0.1, 0.15) is 0 Å². The van der Waals surface area contributed by atoms with E-state index in [2.05, 4.69) is 4.99 Å². The van der Waals surface area contributed by atoms with Gasteiger partial charge in [-0.1, -0.05) is 0 Å². The number of aliphatic hydroxyl groups excluding tert-OH is 1. The van der Waals surface area contributed by atoms with Crippen LogP contribution in [0.3, 0.4) is 0 Å². The SMILES string of the molecule is NC(=NCCOCCO)N1CCOCC1. The van der Waals surface area contributed by atoms with Crippen molar-refractivity contribution in [2.75, 3.05) is 52.7 Å². The van der Waals surface area contributed by atoms with E-state index in [-0.39, 0.29) is 6.61 Å². The normalized spacial score (nSPS) is 18.2. The first kappa shape index (κ1) is 12.2. The topological polar surface area (TPSA) is 80.3 Å². The molecular formula is C9H19N3O3. The number of aliphatic imine (C=N–C) groups is 1. The molecule has 15 heavy (non-hydrogen) atoms. The Hall–Kier alpha value is -0.850. The van der Waals surface area contributed by atoms with E-state index in [4.69, 9.17) is 20.3 Å². The van der Waals surface area contributed by atoms with Crippen LogP contribution in [0.25, 0.3) is 0 Å². The van der Waals surface area contributed by atoms with Gasteiger partial charge in [0.1, 0.15) is 0 Å². The highest BCUT2D eigenvalue weighted by Gasteiger charge is 2.11. The van der Waals surface area contributed by atoms with Crippen molar-refractivity contribution in [1.29, 1.82) is 0 Å². The van der Waals surface area contributed by atoms with Crippen molar-refractivity contribution in [3.63, 3.8) is 0 Å². The van der Waals surface area contributed by atoms with Crippen molar-refractivity contribution >= 4 is 5.96 Å². The Morgan fingerprint density at radius 2 is 2.13 bits per heavy atom. The summed E-state index contributed by atoms with van der Waals surface area (Å²) in [6.45, 7) is 4.43. The molecule has 6 heteroatoms. The highest BCUT2D eigenvalue weighted by molar-refractivity contribution is 5.78. The number of rotatable bonds is 5. The van der Waals surface area contributed by atoms with Crippen LogP contribution in [0.2, 0.25) is 0 Å². The monoisotopic (exact) mass is 217 g/mol. The van der Waals surface area contributed by atoms with Gasteiger partial charge in [-0.15, -0.1) is 0 Å². The second-order valence-corrected chi connectivity index (χ2v) is 3.18. The third-order valence-electron chi connectivity index (χ3n) is 2.08. The Kier molecular flexibility index (Phi) is 6.06. The quantitative estimate of drug-likeness (QED) is 0.338. The van der Waals surface area contributed by atoms with Crippen LogP contribution >= 0.6 is 0 Å². The van der Waals surface area contributed by atoms with Crippen molar-refractivity contribution < 1.29 is 14.6 Å². The summed E-state index contributed by atoms with van der Waals surface area (Å²) in [5, 5.41) is 8.47. The molecule has 6 nitrogen and oxygen atoms in total. The van der Waals surface area contributed by atoms with Crippen LogP contribution < -0.4 is 5.73 Å². The minimum Gasteiger partial charge on any atom is -0.394 e. The van der Waals surface area contributed by atoms with Gasteiger partial charge in [0.2, 0.25) is 0 Å². The lowest BCUT2D eigenvalue weighted by molar-refractivity contribution is 0.0671. The summed E-state index contributed by atoms with van der Waals surface area (Å²) in [7, 11) is 0. The first-order valence-corrected chi connectivity index (χ1v) is 5.16. The summed E-state index contributed by atoms with van der Waals surface area (Å²) >= 11 is 0. The third kappa shape index (κ3) is 4.96. The highest BCUT2D eigenvalue weighted by atomic mass is 16.5. The number of nitrogens with two attached hydrogens (primary N) is 1. The third-order valence-corrected chi connectivity index (χ3v) is 2.08. The zero-order chi connectivity index (χ0) is 10.9. The summed E-state index contributed by atoms with van der Waals surface area (Å²) in [6, 6.07) is 0. The second-order valence-electron chi connectivity index (χ2n) is 3.18. The van der Waals surface area contributed by atoms with Crippen molar-refractivity contribution in [1.82, 2.24) is 4.90 Å². The molecule has 1 fully saturated rings. The molecule has 0 bridgehead atoms. The number of nitrogens with zero attached hydrogens (tertiary/aromatic N) is 2. The highest BCUT2D eigenvalue weighted by Crippen LogP contribution is 1.95. The van der Waals surface area contributed by atoms with Crippen molar-refractivity contribution in [3.8, 4) is 0 Å². The van der Waals surface area contributed by atoms with Crippen LogP contribution in [0, 0.1) is 0 Å². The molecule has 1 rings (SSSR count). The number of aliphatic hydroxyl groups is 1. The fourth-order valence-electron chi connectivity index (χ4n) is 1.28. The molecule has 0 aromatic carbocycles. The van der Waals surface area contributed by atoms with Gasteiger partial charge in [0.15, 0.2) is 5.96 Å². The number of hydrogen-bond donors (Lipinski definition) is 2. The zero-order valence-electron chi connectivity index (χ0n) is 8.89. The van der Waals surface area contributed by atoms with E-state index in [9.17, 15) is 0 Å². The van der Waals surface area contributed by atoms with Gasteiger partial charge in [-0.3, -0.25) is 4.99 Å². The van der Waals surface area contributed by atoms with E-state index >= 15 is 0 Å². The smallest absolute Gasteiger partial charge is 0.191 e. The number of ether oxygens (including phenoxy) is 2. The van der Waals surface area contributed by atoms with Crippen LogP contribution in [-0.4, -0.2) is 68.6 Å². The Morgan fingerprint density at radius 1 is 1.40 bits per heavy atom. The molecule has 1 aliphatic heterocycles. The standard InChI is InChI=1S/C9H19N3O3/c10-9(11-1-5-14-8-4-13)12-2-6-15-7-3-12/h13H,1-8H2,(H2,10,11). The van der Waals surface area contributed by atoms with E-state index in [1.54, 1.807) is 0 Å². The molecule has 1 aliphatic rings. The van der Waals surface area contributed by atoms with Crippen LogP contribution in [0.5, 0.6) is 0 Å². The van der Waals surface area contributed by atoms with Gasteiger partial charge in [0.25, 0.3) is 0 Å². The van der Waals surface area contributed by atoms with E-state index in [1.165, 1.54) is 0 Å². The maximum Gasteiger partial charge on any atom is 0.191 e. The summed E-state index contributed by atoms with van der Waals surface area (Å²) in [5.74, 6) is 0.547. The molecule has 0 atom stereocenters. The number of morpholine rings is 1. The van der Waals surface area contributed by atoms with Gasteiger partial charge in [-0.2, -0.15) is 0 Å². The predicted octanol–water partition coefficient (Wildman–Crippen LogP) is -1.36. The van der Waals surface area contributed by atoms with Crippen molar-refractivity contribution in [2.24, 2.45) is 10.7 Å². The summed E-state index contributed by atoms with van der Waals surface area (Å²) in [4.78, 5) is 6.17. The molecule has 0 aromatic heterocycles. The van der Waals surface area contributed by atoms with Crippen LogP contribution in [0.4, 0.5) is 0 Å². The van der Waals surface area contributed by atoms with E-state index < -0.39 is 0 Å². The lowest BCUT2D eigenvalue weighted by atomic mass is 10.4. The average Bonchev–Trinajstić information content (AvgIpc) is 2.30. The maximum atomic E-state index is 8.47. The van der Waals surface area contributed by atoms with Gasteiger partial charge in [-0.05, 0) is 0 Å². The Labute approximate surface area is 89.7 Å². The molecule has 0 aliphatic carbocycles. The zero-order valence-corrected chi connectivity index (χ0v) is 8.89. The minimum absolute atomic E-state index is 0.0443. The first-order chi connectivity index (χ1) is 7.34. The molecule has 0 unspecified atom stereocenters. The number of guanidine groups is 1. The van der Waals surface area contributed by atoms with Crippen LogP contribution in [-0.2, 0) is 9.47 Å². The molecule has 3 N–H and O–H groups in total. The molecule has 0 amide bonds. The van der Waals surface area contributed by atoms with Crippen LogP contribution in [0.15, 0.2) is 4.99 Å². The fraction of sp³-hybridized carbons (Fsp3) is 0.889.